The van der Waals surface area contributed by atoms with E-state index in [4.69, 9.17) is 14.4 Å². The van der Waals surface area contributed by atoms with Gasteiger partial charge in [0.05, 0.1) is 12.9 Å². The molecule has 0 heterocycles. The molecule has 0 fully saturated rings. The summed E-state index contributed by atoms with van der Waals surface area (Å²) in [6, 6.07) is -0.220. The summed E-state index contributed by atoms with van der Waals surface area (Å²) in [7, 11) is -7.50. The van der Waals surface area contributed by atoms with Crippen LogP contribution in [0.25, 0.3) is 0 Å². The summed E-state index contributed by atoms with van der Waals surface area (Å²) in [6.07, 6.45) is 0.997. The van der Waals surface area contributed by atoms with Gasteiger partial charge in [-0.2, -0.15) is 8.42 Å². The zero-order valence-corrected chi connectivity index (χ0v) is 8.41. The summed E-state index contributed by atoms with van der Waals surface area (Å²) >= 11 is 0. The van der Waals surface area contributed by atoms with Gasteiger partial charge in [0.25, 0.3) is 10.1 Å². The minimum absolute atomic E-state index is 0.1000. The van der Waals surface area contributed by atoms with E-state index in [1.54, 1.807) is 0 Å². The zero-order valence-electron chi connectivity index (χ0n) is 6.60. The third-order valence-electron chi connectivity index (χ3n) is 0.954. The van der Waals surface area contributed by atoms with Crippen molar-refractivity contribution >= 4 is 18.9 Å². The summed E-state index contributed by atoms with van der Waals surface area (Å²) in [5.41, 5.74) is 0. The second-order valence-corrected chi connectivity index (χ2v) is 6.10. The van der Waals surface area contributed by atoms with Crippen molar-refractivity contribution in [1.82, 2.24) is 0 Å². The Kier molecular flexibility index (Phi) is 4.30. The molecule has 74 valence electrons. The van der Waals surface area contributed by atoms with Crippen molar-refractivity contribution in [2.45, 2.75) is 12.5 Å². The summed E-state index contributed by atoms with van der Waals surface area (Å²) < 4.78 is 25.0. The topological polar surface area (TPSA) is 104 Å². The summed E-state index contributed by atoms with van der Waals surface area (Å²) in [4.78, 5) is 25.5. The Labute approximate surface area is 71.9 Å². The van der Waals surface area contributed by atoms with Crippen molar-refractivity contribution in [3.8, 4) is 0 Å². The molecular weight excluding hydrogens is 204 g/mol. The van der Waals surface area contributed by atoms with Gasteiger partial charge in [-0.3, -0.25) is 4.18 Å². The van der Waals surface area contributed by atoms with Crippen LogP contribution in [-0.2, 0) is 14.3 Å². The van der Waals surface area contributed by atoms with Crippen LogP contribution in [-0.4, -0.2) is 44.5 Å². The van der Waals surface area contributed by atoms with Crippen molar-refractivity contribution in [3.63, 3.8) is 0 Å². The molecule has 6 nitrogen and oxygen atoms in total. The van der Waals surface area contributed by atoms with Crippen molar-refractivity contribution in [1.29, 1.82) is 0 Å². The molecule has 0 radical (unpaired) electrons. The Bertz CT molecular complexity index is 216. The fourth-order valence-electron chi connectivity index (χ4n) is 0.520. The highest BCUT2D eigenvalue weighted by atomic mass is 32.2. The Morgan fingerprint density at radius 3 is 2.17 bits per heavy atom. The first kappa shape index (κ1) is 12.0. The van der Waals surface area contributed by atoms with E-state index in [0.717, 1.165) is 6.26 Å². The second-order valence-electron chi connectivity index (χ2n) is 2.40. The van der Waals surface area contributed by atoms with Gasteiger partial charge in [0, 0.05) is 6.04 Å². The number of rotatable bonds is 5. The molecule has 0 saturated heterocycles. The Hall–Kier alpha value is 0.00688. The number of hydrogen-bond donors (Lipinski definition) is 3. The van der Waals surface area contributed by atoms with E-state index in [1.165, 1.54) is 0 Å². The third kappa shape index (κ3) is 10.0. The molecule has 0 amide bonds. The van der Waals surface area contributed by atoms with Crippen LogP contribution in [0.4, 0.5) is 0 Å². The van der Waals surface area contributed by atoms with Gasteiger partial charge < -0.3 is 14.4 Å². The smallest absolute Gasteiger partial charge is 0.390 e. The minimum Gasteiger partial charge on any atom is -0.390 e. The molecule has 0 spiro atoms. The monoisotopic (exact) mass is 216 g/mol. The lowest BCUT2D eigenvalue weighted by Crippen LogP contribution is -2.34. The van der Waals surface area contributed by atoms with E-state index in [-0.39, 0.29) is 19.1 Å². The molecular formula is C4H12O6SSi. The molecule has 3 N–H and O–H groups in total. The second kappa shape index (κ2) is 4.30. The summed E-state index contributed by atoms with van der Waals surface area (Å²) in [5, 5.41) is 0. The predicted molar refractivity (Wildman–Crippen MR) is 42.6 cm³/mol. The molecule has 8 heteroatoms. The number of hydrogen-bond acceptors (Lipinski definition) is 6. The Morgan fingerprint density at radius 2 is 1.83 bits per heavy atom. The standard InChI is InChI=1S/C4H12O6SSi/c1-11(5,6)10-3-2-4-12(7,8)9/h7-9H,2-4H2,1H3. The van der Waals surface area contributed by atoms with E-state index in [9.17, 15) is 8.42 Å². The van der Waals surface area contributed by atoms with Crippen LogP contribution in [0.5, 0.6) is 0 Å². The predicted octanol–water partition coefficient (Wildman–Crippen LogP) is -1.73. The van der Waals surface area contributed by atoms with Crippen molar-refractivity contribution in [2.75, 3.05) is 12.9 Å². The molecule has 0 aliphatic heterocycles. The maximum Gasteiger partial charge on any atom is 0.492 e. The molecule has 0 rings (SSSR count). The van der Waals surface area contributed by atoms with Gasteiger partial charge in [-0.05, 0) is 6.42 Å². The Balaban J connectivity index is 3.48. The van der Waals surface area contributed by atoms with Gasteiger partial charge in [0.2, 0.25) is 0 Å². The molecule has 0 aromatic heterocycles. The van der Waals surface area contributed by atoms with Crippen molar-refractivity contribution in [2.24, 2.45) is 0 Å². The van der Waals surface area contributed by atoms with Gasteiger partial charge in [-0.15, -0.1) is 0 Å². The van der Waals surface area contributed by atoms with Crippen LogP contribution >= 0.6 is 0 Å². The molecule has 0 bridgehead atoms. The van der Waals surface area contributed by atoms with E-state index in [1.807, 2.05) is 0 Å². The quantitative estimate of drug-likeness (QED) is 0.286. The Morgan fingerprint density at radius 1 is 1.33 bits per heavy atom. The maximum absolute atomic E-state index is 10.4. The fourth-order valence-corrected chi connectivity index (χ4v) is 1.56. The zero-order chi connectivity index (χ0) is 9.83. The molecule has 0 unspecified atom stereocenters. The van der Waals surface area contributed by atoms with E-state index in [0.29, 0.717) is 0 Å². The molecule has 0 saturated carbocycles. The lowest BCUT2D eigenvalue weighted by atomic mass is 10.5. The van der Waals surface area contributed by atoms with Gasteiger partial charge in [0.1, 0.15) is 0 Å². The van der Waals surface area contributed by atoms with Crippen LogP contribution in [0.1, 0.15) is 6.42 Å². The minimum atomic E-state index is -4.03. The van der Waals surface area contributed by atoms with Crippen LogP contribution < -0.4 is 0 Å². The maximum atomic E-state index is 10.4. The first-order chi connectivity index (χ1) is 5.21. The highest BCUT2D eigenvalue weighted by molar-refractivity contribution is 7.85. The lowest BCUT2D eigenvalue weighted by Gasteiger charge is -2.07. The average Bonchev–Trinajstić information content (AvgIpc) is 1.76. The third-order valence-corrected chi connectivity index (χ3v) is 2.57. The SMILES string of the molecule is CS(=O)(=O)OCCC[Si](O)(O)O. The van der Waals surface area contributed by atoms with Crippen molar-refractivity contribution < 1.29 is 27.0 Å². The first-order valence-corrected chi connectivity index (χ1v) is 7.09. The van der Waals surface area contributed by atoms with Gasteiger partial charge >= 0.3 is 8.80 Å². The molecule has 0 atom stereocenters. The van der Waals surface area contributed by atoms with E-state index >= 15 is 0 Å². The van der Waals surface area contributed by atoms with Crippen LogP contribution in [0.2, 0.25) is 6.04 Å². The van der Waals surface area contributed by atoms with Gasteiger partial charge in [0.15, 0.2) is 0 Å². The van der Waals surface area contributed by atoms with Crippen molar-refractivity contribution in [3.05, 3.63) is 0 Å². The highest BCUT2D eigenvalue weighted by Crippen LogP contribution is 2.02. The molecule has 0 aromatic rings. The average molecular weight is 216 g/mol. The largest absolute Gasteiger partial charge is 0.492 e. The van der Waals surface area contributed by atoms with Gasteiger partial charge in [-0.1, -0.05) is 0 Å². The van der Waals surface area contributed by atoms with Crippen LogP contribution in [0, 0.1) is 0 Å². The lowest BCUT2D eigenvalue weighted by molar-refractivity contribution is 0.220. The molecule has 0 aliphatic rings. The molecule has 0 aromatic carbocycles. The summed E-state index contributed by atoms with van der Waals surface area (Å²) in [6.45, 7) is -0.144. The normalized spacial score (nSPS) is 13.3. The summed E-state index contributed by atoms with van der Waals surface area (Å²) in [5.74, 6) is 0. The van der Waals surface area contributed by atoms with E-state index in [2.05, 4.69) is 4.18 Å². The van der Waals surface area contributed by atoms with E-state index < -0.39 is 18.9 Å². The fraction of sp³-hybridized carbons (Fsp3) is 1.00. The first-order valence-electron chi connectivity index (χ1n) is 3.22. The van der Waals surface area contributed by atoms with Crippen LogP contribution in [0.3, 0.4) is 0 Å². The molecule has 0 aliphatic carbocycles. The molecule has 12 heavy (non-hydrogen) atoms. The van der Waals surface area contributed by atoms with Crippen LogP contribution in [0.15, 0.2) is 0 Å². The van der Waals surface area contributed by atoms with Gasteiger partial charge in [-0.25, -0.2) is 0 Å². The highest BCUT2D eigenvalue weighted by Gasteiger charge is 2.25.